The molecule has 0 N–H and O–H groups in total. The Morgan fingerprint density at radius 2 is 1.67 bits per heavy atom. The van der Waals surface area contributed by atoms with Gasteiger partial charge < -0.3 is 9.29 Å². The lowest BCUT2D eigenvalue weighted by molar-refractivity contribution is 0.398. The van der Waals surface area contributed by atoms with Gasteiger partial charge in [0.05, 0.1) is 33.1 Å². The van der Waals surface area contributed by atoms with Crippen LogP contribution >= 0.6 is 0 Å². The van der Waals surface area contributed by atoms with E-state index in [-0.39, 0.29) is 0 Å². The molecule has 0 atom stereocenters. The Balaban J connectivity index is 0.000000336. The van der Waals surface area contributed by atoms with E-state index in [0.717, 1.165) is 17.3 Å². The fourth-order valence-electron chi connectivity index (χ4n) is 0.873. The molecule has 0 spiro atoms. The summed E-state index contributed by atoms with van der Waals surface area (Å²) in [5.74, 6) is 2.59. The molecule has 0 amide bonds. The molecule has 0 aromatic carbocycles. The molecule has 0 fully saturated rings. The average molecular weight is 238 g/mol. The highest BCUT2D eigenvalue weighted by molar-refractivity contribution is 7.80. The average Bonchev–Trinajstić information content (AvgIpc) is 1.99. The van der Waals surface area contributed by atoms with E-state index in [9.17, 15) is 3.89 Å². The van der Waals surface area contributed by atoms with E-state index in [1.807, 2.05) is 26.0 Å². The Hall–Kier alpha value is -1.21. The predicted molar refractivity (Wildman–Crippen MR) is 49.9 cm³/mol. The highest BCUT2D eigenvalue weighted by atomic mass is 32.3. The van der Waals surface area contributed by atoms with Crippen LogP contribution < -0.4 is 4.74 Å². The molecule has 0 bridgehead atoms. The summed E-state index contributed by atoms with van der Waals surface area (Å²) < 4.78 is 45.6. The number of rotatable bonds is 1. The van der Waals surface area contributed by atoms with E-state index in [1.165, 1.54) is 0 Å². The first-order valence-electron chi connectivity index (χ1n) is 3.83. The Morgan fingerprint density at radius 1 is 1.33 bits per heavy atom. The van der Waals surface area contributed by atoms with Crippen molar-refractivity contribution >= 4 is 10.5 Å². The zero-order valence-corrected chi connectivity index (χ0v) is 9.30. The van der Waals surface area contributed by atoms with Crippen LogP contribution in [0, 0.1) is 13.8 Å². The minimum absolute atomic E-state index is 0.848. The topological polar surface area (TPSA) is 77.7 Å². The van der Waals surface area contributed by atoms with Gasteiger partial charge in [0.1, 0.15) is 5.75 Å². The van der Waals surface area contributed by atoms with Crippen LogP contribution in [-0.2, 0) is 10.5 Å². The third kappa shape index (κ3) is 9.10. The van der Waals surface area contributed by atoms with Gasteiger partial charge in [-0.25, -0.2) is 12.8 Å². The second-order valence-corrected chi connectivity index (χ2v) is 3.40. The van der Waals surface area contributed by atoms with Crippen molar-refractivity contribution in [1.82, 2.24) is 0 Å². The lowest BCUT2D eigenvalue weighted by Gasteiger charge is -1.93. The number of aryl methyl sites for hydroxylation is 2. The van der Waals surface area contributed by atoms with Crippen molar-refractivity contribution < 1.29 is 26.0 Å². The van der Waals surface area contributed by atoms with E-state index >= 15 is 0 Å². The largest absolute Gasteiger partial charge is 0.722 e. The van der Waals surface area contributed by atoms with Crippen LogP contribution in [0.1, 0.15) is 11.5 Å². The normalized spacial score (nSPS) is 10.2. The van der Waals surface area contributed by atoms with E-state index in [4.69, 9.17) is 22.1 Å². The fraction of sp³-hybridized carbons (Fsp3) is 0.375. The van der Waals surface area contributed by atoms with Gasteiger partial charge in [-0.1, -0.05) is 0 Å². The number of methoxy groups -OCH3 is 1. The maximum atomic E-state index is 10.1. The van der Waals surface area contributed by atoms with Crippen LogP contribution in [0.5, 0.6) is 5.75 Å². The molecule has 0 aliphatic heterocycles. The van der Waals surface area contributed by atoms with Gasteiger partial charge in [-0.2, -0.15) is 0 Å². The molecule has 0 aliphatic rings. The molecule has 0 unspecified atom stereocenters. The maximum absolute atomic E-state index is 10.1. The Kier molecular flexibility index (Phi) is 5.16. The number of hydrogen-bond donors (Lipinski definition) is 0. The lowest BCUT2D eigenvalue weighted by Crippen LogP contribution is -1.84. The lowest BCUT2D eigenvalue weighted by atomic mass is 10.3. The Morgan fingerprint density at radius 3 is 1.93 bits per heavy atom. The molecule has 1 aromatic heterocycles. The fourth-order valence-corrected chi connectivity index (χ4v) is 0.873. The molecule has 15 heavy (non-hydrogen) atoms. The smallest absolute Gasteiger partial charge is 0.330 e. The zero-order valence-electron chi connectivity index (χ0n) is 8.48. The first kappa shape index (κ1) is 13.8. The quantitative estimate of drug-likeness (QED) is 0.422. The van der Waals surface area contributed by atoms with E-state index in [0.29, 0.717) is 0 Å². The Bertz CT molecular complexity index is 387. The van der Waals surface area contributed by atoms with Crippen LogP contribution in [0.4, 0.5) is 3.89 Å². The van der Waals surface area contributed by atoms with E-state index in [1.54, 1.807) is 7.11 Å². The highest BCUT2D eigenvalue weighted by Crippen LogP contribution is 2.14. The summed E-state index contributed by atoms with van der Waals surface area (Å²) in [4.78, 5) is 0. The van der Waals surface area contributed by atoms with Crippen LogP contribution in [-0.4, -0.2) is 20.1 Å². The van der Waals surface area contributed by atoms with Crippen LogP contribution in [0.3, 0.4) is 0 Å². The summed E-state index contributed by atoms with van der Waals surface area (Å²) in [5, 5.41) is 0. The number of halogens is 1. The summed E-state index contributed by atoms with van der Waals surface area (Å²) in [6, 6.07) is 3.71. The third-order valence-electron chi connectivity index (χ3n) is 1.25. The summed E-state index contributed by atoms with van der Waals surface area (Å²) in [6.45, 7) is 3.80. The molecule has 86 valence electrons. The monoisotopic (exact) mass is 238 g/mol. The number of hydrogen-bond acceptors (Lipinski definition) is 4. The van der Waals surface area contributed by atoms with Gasteiger partial charge in [-0.05, 0) is 0 Å². The van der Waals surface area contributed by atoms with Gasteiger partial charge in [0.2, 0.25) is 0 Å². The molecule has 0 saturated heterocycles. The molecule has 1 aromatic rings. The van der Waals surface area contributed by atoms with Gasteiger partial charge in [0.25, 0.3) is 10.5 Å². The van der Waals surface area contributed by atoms with Crippen LogP contribution in [0.15, 0.2) is 16.5 Å². The molecular weight excluding hydrogens is 227 g/mol. The van der Waals surface area contributed by atoms with Gasteiger partial charge in [0.15, 0.2) is 0 Å². The van der Waals surface area contributed by atoms with Crippen LogP contribution in [0.25, 0.3) is 0 Å². The van der Waals surface area contributed by atoms with Crippen molar-refractivity contribution in [3.8, 4) is 5.75 Å². The Labute approximate surface area is 87.5 Å². The standard InChI is InChI=1S/C8H11O2.FHO3S/c1-6-4-8(9-3)5-7(2)10-6;1-5(2,3)4/h4-5H,1-3H3;(H,2,3,4)/q+1;/p-1. The third-order valence-corrected chi connectivity index (χ3v) is 1.25. The van der Waals surface area contributed by atoms with Gasteiger partial charge in [0, 0.05) is 0 Å². The van der Waals surface area contributed by atoms with Crippen molar-refractivity contribution in [2.45, 2.75) is 13.8 Å². The molecule has 0 aliphatic carbocycles. The van der Waals surface area contributed by atoms with Crippen LogP contribution in [0.2, 0.25) is 0 Å². The summed E-state index contributed by atoms with van der Waals surface area (Å²) in [5.41, 5.74) is 0. The van der Waals surface area contributed by atoms with Crippen molar-refractivity contribution in [1.29, 1.82) is 0 Å². The SMILES string of the molecule is COc1cc(C)[o+]c(C)c1.O=S(=O)([O-])F. The van der Waals surface area contributed by atoms with E-state index < -0.39 is 10.5 Å². The second kappa shape index (κ2) is 5.62. The highest BCUT2D eigenvalue weighted by Gasteiger charge is 2.06. The molecule has 1 rings (SSSR count). The van der Waals surface area contributed by atoms with Crippen molar-refractivity contribution in [2.75, 3.05) is 7.11 Å². The van der Waals surface area contributed by atoms with E-state index in [2.05, 4.69) is 0 Å². The second-order valence-electron chi connectivity index (χ2n) is 2.61. The summed E-state index contributed by atoms with van der Waals surface area (Å²) in [7, 11) is -3.77. The van der Waals surface area contributed by atoms with Gasteiger partial charge in [-0.15, -0.1) is 3.89 Å². The predicted octanol–water partition coefficient (Wildman–Crippen LogP) is 1.60. The van der Waals surface area contributed by atoms with Crippen molar-refractivity contribution in [2.24, 2.45) is 0 Å². The number of ether oxygens (including phenoxy) is 1. The summed E-state index contributed by atoms with van der Waals surface area (Å²) >= 11 is 0. The van der Waals surface area contributed by atoms with Gasteiger partial charge >= 0.3 is 11.5 Å². The first-order chi connectivity index (χ1) is 6.72. The molecule has 7 heteroatoms. The molecule has 1 heterocycles. The summed E-state index contributed by atoms with van der Waals surface area (Å²) in [6.07, 6.45) is 0. The minimum atomic E-state index is -5.42. The molecular formula is C8H11FO5S. The van der Waals surface area contributed by atoms with Crippen molar-refractivity contribution in [3.05, 3.63) is 23.7 Å². The van der Waals surface area contributed by atoms with Gasteiger partial charge in [-0.3, -0.25) is 0 Å². The maximum Gasteiger partial charge on any atom is 0.330 e. The molecule has 5 nitrogen and oxygen atoms in total. The zero-order chi connectivity index (χ0) is 12.1. The minimum Gasteiger partial charge on any atom is -0.722 e. The molecule has 0 radical (unpaired) electrons. The molecule has 0 saturated carbocycles. The van der Waals surface area contributed by atoms with Crippen molar-refractivity contribution in [3.63, 3.8) is 0 Å². The first-order valence-corrected chi connectivity index (χ1v) is 5.14.